The van der Waals surface area contributed by atoms with Crippen molar-refractivity contribution in [3.05, 3.63) is 46.0 Å². The molecule has 1 aromatic carbocycles. The van der Waals surface area contributed by atoms with Crippen LogP contribution >= 0.6 is 0 Å². The quantitative estimate of drug-likeness (QED) is 0.595. The molecule has 0 radical (unpaired) electrons. The van der Waals surface area contributed by atoms with E-state index in [1.807, 2.05) is 13.0 Å². The van der Waals surface area contributed by atoms with E-state index in [1.165, 1.54) is 0 Å². The first-order valence-corrected chi connectivity index (χ1v) is 5.51. The lowest BCUT2D eigenvalue weighted by Gasteiger charge is -2.12. The van der Waals surface area contributed by atoms with Gasteiger partial charge in [0.05, 0.1) is 6.10 Å². The molecule has 0 saturated carbocycles. The molecular weight excluding hydrogens is 206 g/mol. The van der Waals surface area contributed by atoms with Crippen molar-refractivity contribution in [1.29, 1.82) is 0 Å². The molecule has 0 aliphatic carbocycles. The number of nitro groups is 1. The second-order valence-corrected chi connectivity index (χ2v) is 3.85. The fraction of sp³-hybridized carbons (Fsp3) is 0.500. The molecule has 1 aromatic rings. The molecule has 4 heteroatoms. The highest BCUT2D eigenvalue weighted by atomic mass is 16.6. The summed E-state index contributed by atoms with van der Waals surface area (Å²) >= 11 is 0. The summed E-state index contributed by atoms with van der Waals surface area (Å²) in [5.41, 5.74) is 0.704. The summed E-state index contributed by atoms with van der Waals surface area (Å²) in [6, 6.07) is 8.23. The van der Waals surface area contributed by atoms with Crippen molar-refractivity contribution in [1.82, 2.24) is 0 Å². The molecule has 1 N–H and O–H groups in total. The van der Waals surface area contributed by atoms with Gasteiger partial charge in [0.2, 0.25) is 6.04 Å². The predicted molar refractivity (Wildman–Crippen MR) is 61.7 cm³/mol. The minimum atomic E-state index is -0.706. The number of hydrogen-bond acceptors (Lipinski definition) is 3. The van der Waals surface area contributed by atoms with Gasteiger partial charge in [-0.05, 0) is 12.8 Å². The Morgan fingerprint density at radius 2 is 1.94 bits per heavy atom. The number of aliphatic hydroxyl groups is 1. The summed E-state index contributed by atoms with van der Waals surface area (Å²) in [6.07, 6.45) is 1.05. The minimum Gasteiger partial charge on any atom is -0.393 e. The number of aliphatic hydroxyl groups excluding tert-OH is 1. The van der Waals surface area contributed by atoms with Gasteiger partial charge in [-0.1, -0.05) is 37.3 Å². The zero-order valence-electron chi connectivity index (χ0n) is 9.37. The van der Waals surface area contributed by atoms with Crippen LogP contribution < -0.4 is 0 Å². The van der Waals surface area contributed by atoms with E-state index in [-0.39, 0.29) is 4.92 Å². The fourth-order valence-corrected chi connectivity index (χ4v) is 1.62. The number of nitrogens with zero attached hydrogens (tertiary/aromatic N) is 1. The monoisotopic (exact) mass is 223 g/mol. The molecule has 0 bridgehead atoms. The molecule has 0 heterocycles. The van der Waals surface area contributed by atoms with Gasteiger partial charge in [0.15, 0.2) is 0 Å². The lowest BCUT2D eigenvalue weighted by atomic mass is 10.00. The Morgan fingerprint density at radius 3 is 2.44 bits per heavy atom. The van der Waals surface area contributed by atoms with E-state index in [0.717, 1.165) is 0 Å². The lowest BCUT2D eigenvalue weighted by molar-refractivity contribution is -0.530. The van der Waals surface area contributed by atoms with Crippen molar-refractivity contribution < 1.29 is 10.0 Å². The zero-order valence-corrected chi connectivity index (χ0v) is 9.37. The summed E-state index contributed by atoms with van der Waals surface area (Å²) in [4.78, 5) is 10.6. The third-order valence-electron chi connectivity index (χ3n) is 2.68. The topological polar surface area (TPSA) is 63.4 Å². The van der Waals surface area contributed by atoms with Crippen molar-refractivity contribution in [2.75, 3.05) is 0 Å². The van der Waals surface area contributed by atoms with E-state index >= 15 is 0 Å². The fourth-order valence-electron chi connectivity index (χ4n) is 1.62. The number of hydrogen-bond donors (Lipinski definition) is 1. The van der Waals surface area contributed by atoms with Crippen LogP contribution in [0.1, 0.15) is 37.8 Å². The molecule has 0 saturated heterocycles. The van der Waals surface area contributed by atoms with Crippen LogP contribution in [0.4, 0.5) is 0 Å². The molecule has 0 fully saturated rings. The zero-order chi connectivity index (χ0) is 12.0. The van der Waals surface area contributed by atoms with Crippen LogP contribution in [0, 0.1) is 10.1 Å². The third kappa shape index (κ3) is 3.62. The Balaban J connectivity index is 2.66. The van der Waals surface area contributed by atoms with Crippen LogP contribution in [0.2, 0.25) is 0 Å². The van der Waals surface area contributed by atoms with Crippen LogP contribution in [0.15, 0.2) is 30.3 Å². The standard InChI is InChI=1S/C12H17NO3/c1-2-11(14)8-9-12(13(15)16)10-6-4-3-5-7-10/h3-7,11-12,14H,2,8-9H2,1H3. The van der Waals surface area contributed by atoms with Gasteiger partial charge in [0.1, 0.15) is 0 Å². The summed E-state index contributed by atoms with van der Waals surface area (Å²) in [5, 5.41) is 20.3. The first-order valence-electron chi connectivity index (χ1n) is 5.51. The molecule has 0 aliphatic heterocycles. The Kier molecular flexibility index (Phi) is 4.92. The van der Waals surface area contributed by atoms with Crippen LogP contribution in [0.25, 0.3) is 0 Å². The van der Waals surface area contributed by atoms with Gasteiger partial charge in [-0.3, -0.25) is 10.1 Å². The molecule has 16 heavy (non-hydrogen) atoms. The molecule has 88 valence electrons. The maximum absolute atomic E-state index is 10.9. The molecular formula is C12H17NO3. The van der Waals surface area contributed by atoms with Gasteiger partial charge < -0.3 is 5.11 Å². The molecule has 4 nitrogen and oxygen atoms in total. The predicted octanol–water partition coefficient (Wildman–Crippen LogP) is 2.56. The smallest absolute Gasteiger partial charge is 0.238 e. The second kappa shape index (κ2) is 6.23. The van der Waals surface area contributed by atoms with E-state index in [4.69, 9.17) is 0 Å². The van der Waals surface area contributed by atoms with Crippen LogP contribution in [0.3, 0.4) is 0 Å². The van der Waals surface area contributed by atoms with Gasteiger partial charge in [0, 0.05) is 16.9 Å². The molecule has 0 amide bonds. The Morgan fingerprint density at radius 1 is 1.31 bits per heavy atom. The molecule has 0 aromatic heterocycles. The van der Waals surface area contributed by atoms with Gasteiger partial charge in [-0.2, -0.15) is 0 Å². The van der Waals surface area contributed by atoms with Gasteiger partial charge >= 0.3 is 0 Å². The van der Waals surface area contributed by atoms with Crippen LogP contribution in [-0.4, -0.2) is 16.1 Å². The Labute approximate surface area is 95.1 Å². The van der Waals surface area contributed by atoms with E-state index in [9.17, 15) is 15.2 Å². The molecule has 0 spiro atoms. The van der Waals surface area contributed by atoms with Crippen molar-refractivity contribution in [3.8, 4) is 0 Å². The highest BCUT2D eigenvalue weighted by Gasteiger charge is 2.22. The van der Waals surface area contributed by atoms with Crippen LogP contribution in [0.5, 0.6) is 0 Å². The van der Waals surface area contributed by atoms with Gasteiger partial charge in [-0.25, -0.2) is 0 Å². The molecule has 2 atom stereocenters. The Hall–Kier alpha value is -1.42. The van der Waals surface area contributed by atoms with Crippen molar-refractivity contribution in [2.45, 2.75) is 38.3 Å². The molecule has 1 rings (SSSR count). The summed E-state index contributed by atoms with van der Waals surface area (Å²) < 4.78 is 0. The lowest BCUT2D eigenvalue weighted by Crippen LogP contribution is -2.14. The van der Waals surface area contributed by atoms with Crippen molar-refractivity contribution >= 4 is 0 Å². The normalized spacial score (nSPS) is 14.4. The van der Waals surface area contributed by atoms with E-state index in [2.05, 4.69) is 0 Å². The number of rotatable bonds is 6. The largest absolute Gasteiger partial charge is 0.393 e. The van der Waals surface area contributed by atoms with E-state index in [1.54, 1.807) is 24.3 Å². The highest BCUT2D eigenvalue weighted by Crippen LogP contribution is 2.22. The molecule has 0 aliphatic rings. The minimum absolute atomic E-state index is 0.280. The van der Waals surface area contributed by atoms with Gasteiger partial charge in [-0.15, -0.1) is 0 Å². The summed E-state index contributed by atoms with van der Waals surface area (Å²) in [7, 11) is 0. The maximum atomic E-state index is 10.9. The summed E-state index contributed by atoms with van der Waals surface area (Å²) in [5.74, 6) is 0. The Bertz CT molecular complexity index is 326. The first kappa shape index (κ1) is 12.6. The van der Waals surface area contributed by atoms with Crippen molar-refractivity contribution in [3.63, 3.8) is 0 Å². The third-order valence-corrected chi connectivity index (χ3v) is 2.68. The van der Waals surface area contributed by atoms with E-state index in [0.29, 0.717) is 24.8 Å². The maximum Gasteiger partial charge on any atom is 0.238 e. The first-order chi connectivity index (χ1) is 7.65. The van der Waals surface area contributed by atoms with Crippen LogP contribution in [-0.2, 0) is 0 Å². The van der Waals surface area contributed by atoms with Crippen molar-refractivity contribution in [2.24, 2.45) is 0 Å². The van der Waals surface area contributed by atoms with E-state index < -0.39 is 12.1 Å². The SMILES string of the molecule is CCC(O)CCC(c1ccccc1)[N+](=O)[O-]. The summed E-state index contributed by atoms with van der Waals surface area (Å²) in [6.45, 7) is 1.87. The number of benzene rings is 1. The second-order valence-electron chi connectivity index (χ2n) is 3.85. The average molecular weight is 223 g/mol. The highest BCUT2D eigenvalue weighted by molar-refractivity contribution is 5.17. The van der Waals surface area contributed by atoms with Gasteiger partial charge in [0.25, 0.3) is 0 Å². The average Bonchev–Trinajstić information content (AvgIpc) is 2.30. The molecule has 2 unspecified atom stereocenters.